The minimum atomic E-state index is -0.0307. The smallest absolute Gasteiger partial charge is 0.225 e. The summed E-state index contributed by atoms with van der Waals surface area (Å²) in [6, 6.07) is 13.5. The van der Waals surface area contributed by atoms with E-state index < -0.39 is 0 Å². The monoisotopic (exact) mass is 266 g/mol. The summed E-state index contributed by atoms with van der Waals surface area (Å²) in [5.41, 5.74) is 1.87. The molecule has 20 heavy (non-hydrogen) atoms. The van der Waals surface area contributed by atoms with E-state index in [0.717, 1.165) is 12.0 Å². The summed E-state index contributed by atoms with van der Waals surface area (Å²) in [6.45, 7) is 0. The number of benzene rings is 1. The van der Waals surface area contributed by atoms with Crippen LogP contribution in [0, 0.1) is 0 Å². The lowest BCUT2D eigenvalue weighted by Gasteiger charge is -2.06. The molecule has 0 aliphatic heterocycles. The number of hydrogen-bond donors (Lipinski definition) is 1. The summed E-state index contributed by atoms with van der Waals surface area (Å²) in [4.78, 5) is 16.1. The van der Waals surface area contributed by atoms with Crippen LogP contribution in [0.25, 0.3) is 5.65 Å². The van der Waals surface area contributed by atoms with E-state index in [1.807, 2.05) is 30.3 Å². The lowest BCUT2D eigenvalue weighted by Crippen LogP contribution is -2.15. The number of amides is 1. The first-order chi connectivity index (χ1) is 9.83. The largest absolute Gasteiger partial charge is 0.311 e. The fourth-order valence-electron chi connectivity index (χ4n) is 2.04. The minimum Gasteiger partial charge on any atom is -0.311 e. The van der Waals surface area contributed by atoms with E-state index in [0.29, 0.717) is 17.9 Å². The molecular weight excluding hydrogens is 252 g/mol. The Morgan fingerprint density at radius 3 is 2.80 bits per heavy atom. The summed E-state index contributed by atoms with van der Waals surface area (Å²) in [5.74, 6) is 0.606. The zero-order valence-electron chi connectivity index (χ0n) is 10.9. The van der Waals surface area contributed by atoms with Gasteiger partial charge >= 0.3 is 0 Å². The molecule has 1 amide bonds. The van der Waals surface area contributed by atoms with Crippen LogP contribution in [0.4, 0.5) is 5.82 Å². The lowest BCUT2D eigenvalue weighted by molar-refractivity contribution is -0.116. The van der Waals surface area contributed by atoms with Crippen molar-refractivity contribution in [1.82, 2.24) is 14.6 Å². The Morgan fingerprint density at radius 2 is 1.95 bits per heavy atom. The van der Waals surface area contributed by atoms with Gasteiger partial charge in [0.05, 0.1) is 6.20 Å². The maximum atomic E-state index is 12.0. The van der Waals surface area contributed by atoms with Crippen molar-refractivity contribution in [1.29, 1.82) is 0 Å². The van der Waals surface area contributed by atoms with Crippen molar-refractivity contribution in [3.63, 3.8) is 0 Å². The van der Waals surface area contributed by atoms with Crippen molar-refractivity contribution in [2.24, 2.45) is 0 Å². The number of nitrogens with zero attached hydrogens (tertiary/aromatic N) is 3. The molecule has 5 nitrogen and oxygen atoms in total. The van der Waals surface area contributed by atoms with Gasteiger partial charge < -0.3 is 5.32 Å². The summed E-state index contributed by atoms with van der Waals surface area (Å²) >= 11 is 0. The summed E-state index contributed by atoms with van der Waals surface area (Å²) in [7, 11) is 0. The van der Waals surface area contributed by atoms with Crippen LogP contribution >= 0.6 is 0 Å². The van der Waals surface area contributed by atoms with Gasteiger partial charge in [0.2, 0.25) is 5.91 Å². The third-order valence-corrected chi connectivity index (χ3v) is 3.04. The number of hydrogen-bond acceptors (Lipinski definition) is 3. The Kier molecular flexibility index (Phi) is 3.41. The third-order valence-electron chi connectivity index (χ3n) is 3.04. The molecule has 0 atom stereocenters. The molecule has 0 aliphatic carbocycles. The quantitative estimate of drug-likeness (QED) is 0.788. The van der Waals surface area contributed by atoms with Gasteiger partial charge in [0.1, 0.15) is 5.82 Å². The van der Waals surface area contributed by atoms with Crippen molar-refractivity contribution in [2.45, 2.75) is 12.8 Å². The molecule has 1 aromatic carbocycles. The van der Waals surface area contributed by atoms with Crippen LogP contribution in [0.1, 0.15) is 12.0 Å². The predicted molar refractivity (Wildman–Crippen MR) is 76.4 cm³/mol. The SMILES string of the molecule is O=C(CCc1ccccc1)Nc1ccnc2ccnn12. The van der Waals surface area contributed by atoms with E-state index in [2.05, 4.69) is 15.4 Å². The second-order valence-electron chi connectivity index (χ2n) is 4.47. The molecule has 0 fully saturated rings. The first-order valence-electron chi connectivity index (χ1n) is 6.45. The maximum absolute atomic E-state index is 12.0. The standard InChI is InChI=1S/C15H14N4O/c20-15(7-6-12-4-2-1-3-5-12)18-14-8-10-16-13-9-11-17-19(13)14/h1-5,8-11H,6-7H2,(H,18,20). The molecule has 2 heterocycles. The Hall–Kier alpha value is -2.69. The molecule has 0 unspecified atom stereocenters. The van der Waals surface area contributed by atoms with Crippen molar-refractivity contribution in [2.75, 3.05) is 5.32 Å². The van der Waals surface area contributed by atoms with Gasteiger partial charge in [-0.2, -0.15) is 9.61 Å². The summed E-state index contributed by atoms with van der Waals surface area (Å²) in [5, 5.41) is 6.99. The van der Waals surface area contributed by atoms with Crippen LogP contribution in [0.2, 0.25) is 0 Å². The molecule has 1 N–H and O–H groups in total. The van der Waals surface area contributed by atoms with E-state index >= 15 is 0 Å². The van der Waals surface area contributed by atoms with Crippen LogP contribution in [0.3, 0.4) is 0 Å². The molecule has 3 rings (SSSR count). The molecule has 5 heteroatoms. The van der Waals surface area contributed by atoms with Crippen molar-refractivity contribution >= 4 is 17.4 Å². The molecule has 2 aromatic heterocycles. The Labute approximate surface area is 116 Å². The zero-order chi connectivity index (χ0) is 13.8. The highest BCUT2D eigenvalue weighted by Gasteiger charge is 2.06. The summed E-state index contributed by atoms with van der Waals surface area (Å²) < 4.78 is 1.61. The van der Waals surface area contributed by atoms with E-state index in [1.165, 1.54) is 0 Å². The molecular formula is C15H14N4O. The van der Waals surface area contributed by atoms with Gasteiger partial charge in [-0.3, -0.25) is 4.79 Å². The fraction of sp³-hybridized carbons (Fsp3) is 0.133. The van der Waals surface area contributed by atoms with Crippen LogP contribution in [-0.2, 0) is 11.2 Å². The fourth-order valence-corrected chi connectivity index (χ4v) is 2.04. The zero-order valence-corrected chi connectivity index (χ0v) is 10.9. The number of fused-ring (bicyclic) bond motifs is 1. The average molecular weight is 266 g/mol. The van der Waals surface area contributed by atoms with Crippen molar-refractivity contribution in [3.05, 3.63) is 60.4 Å². The first kappa shape index (κ1) is 12.3. The number of carbonyl (C=O) groups is 1. The van der Waals surface area contributed by atoms with Gasteiger partial charge in [0.25, 0.3) is 0 Å². The second kappa shape index (κ2) is 5.52. The number of aromatic nitrogens is 3. The second-order valence-corrected chi connectivity index (χ2v) is 4.47. The number of anilines is 1. The molecule has 0 spiro atoms. The van der Waals surface area contributed by atoms with Crippen molar-refractivity contribution < 1.29 is 4.79 Å². The van der Waals surface area contributed by atoms with Gasteiger partial charge in [-0.15, -0.1) is 0 Å². The Balaban J connectivity index is 1.66. The van der Waals surface area contributed by atoms with E-state index in [4.69, 9.17) is 0 Å². The molecule has 0 bridgehead atoms. The number of rotatable bonds is 4. The van der Waals surface area contributed by atoms with E-state index in [-0.39, 0.29) is 5.91 Å². The van der Waals surface area contributed by atoms with Crippen molar-refractivity contribution in [3.8, 4) is 0 Å². The number of carbonyl (C=O) groups excluding carboxylic acids is 1. The Bertz CT molecular complexity index is 721. The first-order valence-corrected chi connectivity index (χ1v) is 6.45. The van der Waals surface area contributed by atoms with Gasteiger partial charge in [0.15, 0.2) is 5.65 Å². The van der Waals surface area contributed by atoms with E-state index in [9.17, 15) is 4.79 Å². The van der Waals surface area contributed by atoms with Crippen LogP contribution in [-0.4, -0.2) is 20.5 Å². The molecule has 0 radical (unpaired) electrons. The molecule has 3 aromatic rings. The van der Waals surface area contributed by atoms with Gasteiger partial charge in [0, 0.05) is 18.7 Å². The van der Waals surface area contributed by atoms with Crippen LogP contribution in [0.5, 0.6) is 0 Å². The van der Waals surface area contributed by atoms with Gasteiger partial charge in [-0.05, 0) is 18.1 Å². The highest BCUT2D eigenvalue weighted by atomic mass is 16.1. The third kappa shape index (κ3) is 2.66. The van der Waals surface area contributed by atoms with Crippen LogP contribution < -0.4 is 5.32 Å². The number of nitrogens with one attached hydrogen (secondary N) is 1. The van der Waals surface area contributed by atoms with Crippen LogP contribution in [0.15, 0.2) is 54.9 Å². The average Bonchev–Trinajstić information content (AvgIpc) is 2.96. The molecule has 100 valence electrons. The number of aryl methyl sites for hydroxylation is 1. The lowest BCUT2D eigenvalue weighted by atomic mass is 10.1. The topological polar surface area (TPSA) is 59.3 Å². The van der Waals surface area contributed by atoms with Gasteiger partial charge in [-0.1, -0.05) is 30.3 Å². The maximum Gasteiger partial charge on any atom is 0.225 e. The predicted octanol–water partition coefficient (Wildman–Crippen LogP) is 2.30. The Morgan fingerprint density at radius 1 is 1.10 bits per heavy atom. The highest BCUT2D eigenvalue weighted by molar-refractivity contribution is 5.90. The minimum absolute atomic E-state index is 0.0307. The molecule has 0 aliphatic rings. The van der Waals surface area contributed by atoms with E-state index in [1.54, 1.807) is 29.0 Å². The van der Waals surface area contributed by atoms with Gasteiger partial charge in [-0.25, -0.2) is 4.98 Å². The molecule has 0 saturated heterocycles. The molecule has 0 saturated carbocycles. The summed E-state index contributed by atoms with van der Waals surface area (Å²) in [6.07, 6.45) is 4.47. The highest BCUT2D eigenvalue weighted by Crippen LogP contribution is 2.09. The normalized spacial score (nSPS) is 10.6.